The molecule has 0 saturated heterocycles. The number of thiazole rings is 1. The van der Waals surface area contributed by atoms with Crippen LogP contribution in [-0.4, -0.2) is 22.5 Å². The number of hydrogen-bond acceptors (Lipinski definition) is 5. The van der Waals surface area contributed by atoms with Gasteiger partial charge in [-0.05, 0) is 42.8 Å². The lowest BCUT2D eigenvalue weighted by Gasteiger charge is -2.08. The van der Waals surface area contributed by atoms with Gasteiger partial charge in [-0.3, -0.25) is 9.78 Å². The number of rotatable bonds is 6. The highest BCUT2D eigenvalue weighted by atomic mass is 35.5. The Hall–Kier alpha value is -2.44. The molecule has 0 bridgehead atoms. The van der Waals surface area contributed by atoms with Crippen molar-refractivity contribution in [3.8, 4) is 16.5 Å². The Kier molecular flexibility index (Phi) is 5.63. The number of benzene rings is 1. The molecule has 25 heavy (non-hydrogen) atoms. The molecule has 0 fully saturated rings. The molecule has 0 spiro atoms. The maximum absolute atomic E-state index is 11.9. The van der Waals surface area contributed by atoms with E-state index in [1.165, 1.54) is 11.3 Å². The van der Waals surface area contributed by atoms with Gasteiger partial charge in [0.15, 0.2) is 6.61 Å². The number of carbonyl (C=O) groups excluding carboxylic acids is 1. The Morgan fingerprint density at radius 2 is 2.20 bits per heavy atom. The van der Waals surface area contributed by atoms with Crippen molar-refractivity contribution in [1.29, 1.82) is 0 Å². The molecule has 1 aromatic carbocycles. The van der Waals surface area contributed by atoms with E-state index in [9.17, 15) is 4.79 Å². The van der Waals surface area contributed by atoms with Crippen LogP contribution in [0.2, 0.25) is 5.02 Å². The number of amides is 1. The summed E-state index contributed by atoms with van der Waals surface area (Å²) in [5.41, 5.74) is 2.52. The summed E-state index contributed by atoms with van der Waals surface area (Å²) in [6.07, 6.45) is 1.73. The maximum atomic E-state index is 11.9. The van der Waals surface area contributed by atoms with E-state index in [4.69, 9.17) is 16.3 Å². The zero-order valence-corrected chi connectivity index (χ0v) is 15.1. The van der Waals surface area contributed by atoms with Gasteiger partial charge in [-0.1, -0.05) is 17.7 Å². The number of nitrogens with zero attached hydrogens (tertiary/aromatic N) is 2. The highest BCUT2D eigenvalue weighted by Crippen LogP contribution is 2.22. The maximum Gasteiger partial charge on any atom is 0.258 e. The van der Waals surface area contributed by atoms with Gasteiger partial charge in [0.2, 0.25) is 0 Å². The van der Waals surface area contributed by atoms with Crippen LogP contribution in [0.4, 0.5) is 0 Å². The van der Waals surface area contributed by atoms with Crippen LogP contribution >= 0.6 is 22.9 Å². The highest BCUT2D eigenvalue weighted by molar-refractivity contribution is 7.13. The number of aromatic nitrogens is 2. The van der Waals surface area contributed by atoms with Crippen molar-refractivity contribution in [3.05, 3.63) is 64.3 Å². The summed E-state index contributed by atoms with van der Waals surface area (Å²) in [7, 11) is 0. The predicted octanol–water partition coefficient (Wildman–Crippen LogP) is 3.86. The molecule has 1 N–H and O–H groups in total. The van der Waals surface area contributed by atoms with E-state index in [0.29, 0.717) is 17.3 Å². The number of carbonyl (C=O) groups is 1. The first-order valence-corrected chi connectivity index (χ1v) is 8.89. The van der Waals surface area contributed by atoms with E-state index in [1.807, 2.05) is 30.5 Å². The smallest absolute Gasteiger partial charge is 0.258 e. The molecule has 0 saturated carbocycles. The van der Waals surface area contributed by atoms with Gasteiger partial charge in [0.05, 0.1) is 17.9 Å². The third kappa shape index (κ3) is 4.78. The lowest BCUT2D eigenvalue weighted by Crippen LogP contribution is -2.28. The molecule has 0 radical (unpaired) electrons. The molecule has 0 unspecified atom stereocenters. The van der Waals surface area contributed by atoms with Crippen LogP contribution in [0.15, 0.2) is 48.0 Å². The largest absolute Gasteiger partial charge is 0.484 e. The molecule has 3 aromatic rings. The van der Waals surface area contributed by atoms with E-state index >= 15 is 0 Å². The van der Waals surface area contributed by atoms with Crippen LogP contribution in [0.1, 0.15) is 11.3 Å². The minimum Gasteiger partial charge on any atom is -0.484 e. The van der Waals surface area contributed by atoms with Gasteiger partial charge in [0.25, 0.3) is 5.91 Å². The van der Waals surface area contributed by atoms with Gasteiger partial charge in [0.1, 0.15) is 10.8 Å². The lowest BCUT2D eigenvalue weighted by atomic mass is 10.2. The highest BCUT2D eigenvalue weighted by Gasteiger charge is 2.08. The third-order valence-corrected chi connectivity index (χ3v) is 4.74. The molecule has 0 aliphatic rings. The summed E-state index contributed by atoms with van der Waals surface area (Å²) in [5, 5.41) is 6.21. The van der Waals surface area contributed by atoms with Crippen molar-refractivity contribution in [2.45, 2.75) is 13.5 Å². The molecule has 0 aliphatic heterocycles. The third-order valence-electron chi connectivity index (χ3n) is 3.40. The molecule has 5 nitrogen and oxygen atoms in total. The summed E-state index contributed by atoms with van der Waals surface area (Å²) in [5.74, 6) is 0.406. The number of pyridine rings is 1. The predicted molar refractivity (Wildman–Crippen MR) is 98.9 cm³/mol. The minimum absolute atomic E-state index is 0.0572. The molecule has 3 rings (SSSR count). The summed E-state index contributed by atoms with van der Waals surface area (Å²) in [6, 6.07) is 11.0. The Bertz CT molecular complexity index is 868. The zero-order chi connectivity index (χ0) is 17.6. The van der Waals surface area contributed by atoms with Crippen LogP contribution in [0.3, 0.4) is 0 Å². The quantitative estimate of drug-likeness (QED) is 0.712. The van der Waals surface area contributed by atoms with Crippen molar-refractivity contribution in [1.82, 2.24) is 15.3 Å². The van der Waals surface area contributed by atoms with Gasteiger partial charge in [-0.15, -0.1) is 11.3 Å². The zero-order valence-electron chi connectivity index (χ0n) is 13.5. The first-order valence-electron chi connectivity index (χ1n) is 7.63. The van der Waals surface area contributed by atoms with Crippen molar-refractivity contribution in [2.75, 3.05) is 6.61 Å². The van der Waals surface area contributed by atoms with Crippen molar-refractivity contribution in [2.24, 2.45) is 0 Å². The van der Waals surface area contributed by atoms with Gasteiger partial charge in [0, 0.05) is 16.6 Å². The average Bonchev–Trinajstić information content (AvgIpc) is 3.11. The summed E-state index contributed by atoms with van der Waals surface area (Å²) >= 11 is 7.46. The Labute approximate surface area is 154 Å². The summed E-state index contributed by atoms with van der Waals surface area (Å²) in [4.78, 5) is 20.7. The van der Waals surface area contributed by atoms with E-state index in [1.54, 1.807) is 24.4 Å². The Balaban J connectivity index is 1.49. The second kappa shape index (κ2) is 8.09. The van der Waals surface area contributed by atoms with Crippen LogP contribution in [0.25, 0.3) is 10.7 Å². The van der Waals surface area contributed by atoms with Crippen LogP contribution in [-0.2, 0) is 11.3 Å². The van der Waals surface area contributed by atoms with Gasteiger partial charge in [-0.25, -0.2) is 4.98 Å². The van der Waals surface area contributed by atoms with Crippen molar-refractivity contribution in [3.63, 3.8) is 0 Å². The number of hydrogen-bond donors (Lipinski definition) is 1. The van der Waals surface area contributed by atoms with Gasteiger partial charge >= 0.3 is 0 Å². The normalized spacial score (nSPS) is 10.5. The monoisotopic (exact) mass is 373 g/mol. The molecular formula is C18H16ClN3O2S. The van der Waals surface area contributed by atoms with Crippen molar-refractivity contribution >= 4 is 28.8 Å². The fourth-order valence-corrected chi connectivity index (χ4v) is 3.00. The summed E-state index contributed by atoms with van der Waals surface area (Å²) < 4.78 is 5.47. The first-order chi connectivity index (χ1) is 12.1. The van der Waals surface area contributed by atoms with Crippen LogP contribution < -0.4 is 10.1 Å². The van der Waals surface area contributed by atoms with E-state index in [-0.39, 0.29) is 12.5 Å². The van der Waals surface area contributed by atoms with E-state index < -0.39 is 0 Å². The van der Waals surface area contributed by atoms with Crippen LogP contribution in [0.5, 0.6) is 5.75 Å². The number of ether oxygens (including phenoxy) is 1. The van der Waals surface area contributed by atoms with Gasteiger partial charge < -0.3 is 10.1 Å². The van der Waals surface area contributed by atoms with E-state index in [2.05, 4.69) is 15.3 Å². The van der Waals surface area contributed by atoms with E-state index in [0.717, 1.165) is 22.0 Å². The van der Waals surface area contributed by atoms with Gasteiger partial charge in [-0.2, -0.15) is 0 Å². The molecule has 2 heterocycles. The SMILES string of the molecule is Cc1cc(OCC(=O)NCc2csc(-c3ccccn3)n2)ccc1Cl. The minimum atomic E-state index is -0.208. The fraction of sp³-hybridized carbons (Fsp3) is 0.167. The Morgan fingerprint density at radius 1 is 1.32 bits per heavy atom. The number of aryl methyl sites for hydroxylation is 1. The average molecular weight is 374 g/mol. The second-order valence-corrected chi connectivity index (χ2v) is 6.60. The molecule has 0 aliphatic carbocycles. The van der Waals surface area contributed by atoms with Crippen LogP contribution in [0, 0.1) is 6.92 Å². The number of nitrogens with one attached hydrogen (secondary N) is 1. The lowest BCUT2D eigenvalue weighted by molar-refractivity contribution is -0.123. The summed E-state index contributed by atoms with van der Waals surface area (Å²) in [6.45, 7) is 2.18. The molecule has 128 valence electrons. The fourth-order valence-electron chi connectivity index (χ4n) is 2.09. The molecule has 2 aromatic heterocycles. The topological polar surface area (TPSA) is 64.1 Å². The standard InChI is InChI=1S/C18H16ClN3O2S/c1-12-8-14(5-6-15(12)19)24-10-17(23)21-9-13-11-25-18(22-13)16-4-2-3-7-20-16/h2-8,11H,9-10H2,1H3,(H,21,23). The molecule has 0 atom stereocenters. The molecular weight excluding hydrogens is 358 g/mol. The molecule has 7 heteroatoms. The Morgan fingerprint density at radius 3 is 2.96 bits per heavy atom. The first kappa shape index (κ1) is 17.4. The second-order valence-electron chi connectivity index (χ2n) is 5.34. The molecule has 1 amide bonds. The van der Waals surface area contributed by atoms with Crippen molar-refractivity contribution < 1.29 is 9.53 Å². The number of halogens is 1.